The maximum Gasteiger partial charge on any atom is 0.338 e. The van der Waals surface area contributed by atoms with E-state index < -0.39 is 23.4 Å². The standard InChI is InChI=1S/C18H17F2N5O2/c1-23-14-10-21-15(4-3-11-7-12(19)9-13(20)8-11)22-16(14)25(17(23)26)18(27)24-5-2-6-24/h7-10H,2-6H2,1H3. The zero-order valence-corrected chi connectivity index (χ0v) is 14.7. The van der Waals surface area contributed by atoms with Crippen molar-refractivity contribution < 1.29 is 13.6 Å². The maximum absolute atomic E-state index is 13.3. The van der Waals surface area contributed by atoms with Gasteiger partial charge in [-0.2, -0.15) is 4.57 Å². The lowest BCUT2D eigenvalue weighted by Gasteiger charge is -2.30. The maximum atomic E-state index is 13.3. The first-order valence-electron chi connectivity index (χ1n) is 8.61. The number of amides is 1. The Morgan fingerprint density at radius 1 is 1.15 bits per heavy atom. The van der Waals surface area contributed by atoms with E-state index in [9.17, 15) is 18.4 Å². The van der Waals surface area contributed by atoms with Gasteiger partial charge in [0.2, 0.25) is 0 Å². The zero-order valence-electron chi connectivity index (χ0n) is 14.7. The molecule has 27 heavy (non-hydrogen) atoms. The van der Waals surface area contributed by atoms with E-state index in [0.29, 0.717) is 42.8 Å². The van der Waals surface area contributed by atoms with Gasteiger partial charge in [0.1, 0.15) is 23.0 Å². The first-order valence-corrected chi connectivity index (χ1v) is 8.61. The second kappa shape index (κ2) is 6.57. The van der Waals surface area contributed by atoms with Crippen LogP contribution in [0.3, 0.4) is 0 Å². The Balaban J connectivity index is 1.66. The molecule has 0 unspecified atom stereocenters. The third-order valence-corrected chi connectivity index (χ3v) is 4.73. The normalized spacial score (nSPS) is 13.8. The van der Waals surface area contributed by atoms with Crippen LogP contribution in [0, 0.1) is 11.6 Å². The molecule has 0 radical (unpaired) electrons. The first kappa shape index (κ1) is 17.3. The van der Waals surface area contributed by atoms with E-state index in [1.165, 1.54) is 22.9 Å². The van der Waals surface area contributed by atoms with Gasteiger partial charge in [0.25, 0.3) is 0 Å². The molecule has 3 heterocycles. The van der Waals surface area contributed by atoms with Crippen LogP contribution in [0.4, 0.5) is 13.6 Å². The van der Waals surface area contributed by atoms with Crippen LogP contribution >= 0.6 is 0 Å². The van der Waals surface area contributed by atoms with E-state index in [0.717, 1.165) is 17.1 Å². The Hall–Kier alpha value is -3.10. The molecule has 0 bridgehead atoms. The van der Waals surface area contributed by atoms with Crippen molar-refractivity contribution in [1.29, 1.82) is 0 Å². The Bertz CT molecular complexity index is 1080. The summed E-state index contributed by atoms with van der Waals surface area (Å²) in [6.07, 6.45) is 3.05. The predicted octanol–water partition coefficient (Wildman–Crippen LogP) is 1.87. The van der Waals surface area contributed by atoms with Gasteiger partial charge in [-0.3, -0.25) is 4.57 Å². The summed E-state index contributed by atoms with van der Waals surface area (Å²) in [4.78, 5) is 35.2. The van der Waals surface area contributed by atoms with Gasteiger partial charge in [-0.1, -0.05) is 0 Å². The number of benzene rings is 1. The van der Waals surface area contributed by atoms with Gasteiger partial charge < -0.3 is 4.90 Å². The van der Waals surface area contributed by atoms with Crippen LogP contribution in [0.5, 0.6) is 0 Å². The molecule has 0 atom stereocenters. The molecule has 4 rings (SSSR count). The first-order chi connectivity index (χ1) is 12.9. The van der Waals surface area contributed by atoms with Gasteiger partial charge in [0.05, 0.1) is 6.20 Å². The molecule has 0 saturated carbocycles. The van der Waals surface area contributed by atoms with Crippen molar-refractivity contribution in [3.05, 3.63) is 57.9 Å². The molecule has 9 heteroatoms. The number of rotatable bonds is 3. The van der Waals surface area contributed by atoms with Gasteiger partial charge in [-0.15, -0.1) is 0 Å². The van der Waals surface area contributed by atoms with Gasteiger partial charge in [-0.25, -0.2) is 28.3 Å². The number of likely N-dealkylation sites (tertiary alicyclic amines) is 1. The van der Waals surface area contributed by atoms with E-state index in [4.69, 9.17) is 0 Å². The molecule has 1 aliphatic heterocycles. The summed E-state index contributed by atoms with van der Waals surface area (Å²) in [6.45, 7) is 1.23. The Morgan fingerprint density at radius 3 is 2.48 bits per heavy atom. The van der Waals surface area contributed by atoms with Crippen molar-refractivity contribution in [2.24, 2.45) is 7.05 Å². The number of aryl methyl sites for hydroxylation is 3. The largest absolute Gasteiger partial charge is 0.338 e. The van der Waals surface area contributed by atoms with Gasteiger partial charge in [0.15, 0.2) is 5.65 Å². The molecule has 1 saturated heterocycles. The summed E-state index contributed by atoms with van der Waals surface area (Å²) in [5.41, 5.74) is 0.711. The molecule has 2 aromatic heterocycles. The average Bonchev–Trinajstić information content (AvgIpc) is 2.81. The third kappa shape index (κ3) is 3.09. The summed E-state index contributed by atoms with van der Waals surface area (Å²) < 4.78 is 29.0. The molecule has 140 valence electrons. The molecule has 0 spiro atoms. The number of aromatic nitrogens is 4. The second-order valence-corrected chi connectivity index (χ2v) is 6.57. The molecule has 0 aliphatic carbocycles. The van der Waals surface area contributed by atoms with E-state index in [-0.39, 0.29) is 5.65 Å². The van der Waals surface area contributed by atoms with E-state index >= 15 is 0 Å². The number of imidazole rings is 1. The molecule has 0 N–H and O–H groups in total. The van der Waals surface area contributed by atoms with Crippen molar-refractivity contribution in [3.8, 4) is 0 Å². The predicted molar refractivity (Wildman–Crippen MR) is 93.5 cm³/mol. The van der Waals surface area contributed by atoms with E-state index in [1.807, 2.05) is 0 Å². The second-order valence-electron chi connectivity index (χ2n) is 6.57. The van der Waals surface area contributed by atoms with Crippen molar-refractivity contribution in [2.45, 2.75) is 19.3 Å². The molecule has 3 aromatic rings. The van der Waals surface area contributed by atoms with E-state index in [1.54, 1.807) is 11.9 Å². The SMILES string of the molecule is Cn1c(=O)n(C(=O)N2CCC2)c2nc(CCc3cc(F)cc(F)c3)ncc21. The van der Waals surface area contributed by atoms with Crippen LogP contribution in [0.15, 0.2) is 29.2 Å². The fourth-order valence-electron chi connectivity index (χ4n) is 3.10. The summed E-state index contributed by atoms with van der Waals surface area (Å²) >= 11 is 0. The fourth-order valence-corrected chi connectivity index (χ4v) is 3.10. The van der Waals surface area contributed by atoms with Gasteiger partial charge in [0, 0.05) is 32.6 Å². The zero-order chi connectivity index (χ0) is 19.1. The number of carbonyl (C=O) groups is 1. The quantitative estimate of drug-likeness (QED) is 0.703. The molecule has 7 nitrogen and oxygen atoms in total. The van der Waals surface area contributed by atoms with Gasteiger partial charge >= 0.3 is 11.7 Å². The Morgan fingerprint density at radius 2 is 1.85 bits per heavy atom. The molecular formula is C18H17F2N5O2. The molecular weight excluding hydrogens is 356 g/mol. The van der Waals surface area contributed by atoms with Crippen LogP contribution in [-0.2, 0) is 19.9 Å². The summed E-state index contributed by atoms with van der Waals surface area (Å²) in [5.74, 6) is -0.889. The average molecular weight is 373 g/mol. The summed E-state index contributed by atoms with van der Waals surface area (Å²) in [5, 5.41) is 0. The molecule has 1 aliphatic rings. The number of halogens is 2. The van der Waals surface area contributed by atoms with Crippen molar-refractivity contribution in [1.82, 2.24) is 24.0 Å². The van der Waals surface area contributed by atoms with E-state index in [2.05, 4.69) is 9.97 Å². The lowest BCUT2D eigenvalue weighted by Crippen LogP contribution is -2.47. The topological polar surface area (TPSA) is 73.0 Å². The Labute approximate surface area is 152 Å². The lowest BCUT2D eigenvalue weighted by atomic mass is 10.1. The monoisotopic (exact) mass is 373 g/mol. The van der Waals surface area contributed by atoms with Crippen molar-refractivity contribution in [2.75, 3.05) is 13.1 Å². The van der Waals surface area contributed by atoms with Gasteiger partial charge in [-0.05, 0) is 30.5 Å². The number of hydrogen-bond acceptors (Lipinski definition) is 4. The smallest absolute Gasteiger partial charge is 0.324 e. The lowest BCUT2D eigenvalue weighted by molar-refractivity contribution is 0.169. The van der Waals surface area contributed by atoms with Crippen LogP contribution in [-0.4, -0.2) is 43.1 Å². The van der Waals surface area contributed by atoms with Crippen LogP contribution in [0.2, 0.25) is 0 Å². The third-order valence-electron chi connectivity index (χ3n) is 4.73. The minimum Gasteiger partial charge on any atom is -0.324 e. The van der Waals surface area contributed by atoms with Crippen molar-refractivity contribution in [3.63, 3.8) is 0 Å². The minimum absolute atomic E-state index is 0.245. The van der Waals surface area contributed by atoms with Crippen LogP contribution in [0.1, 0.15) is 17.8 Å². The highest BCUT2D eigenvalue weighted by atomic mass is 19.1. The minimum atomic E-state index is -0.640. The number of nitrogens with zero attached hydrogens (tertiary/aromatic N) is 5. The van der Waals surface area contributed by atoms with Crippen LogP contribution < -0.4 is 5.69 Å². The Kier molecular flexibility index (Phi) is 4.21. The number of carbonyl (C=O) groups excluding carboxylic acids is 1. The number of hydrogen-bond donors (Lipinski definition) is 0. The highest BCUT2D eigenvalue weighted by Gasteiger charge is 2.27. The molecule has 1 amide bonds. The summed E-state index contributed by atoms with van der Waals surface area (Å²) in [6, 6.07) is 2.94. The molecule has 1 fully saturated rings. The molecule has 1 aromatic carbocycles. The summed E-state index contributed by atoms with van der Waals surface area (Å²) in [7, 11) is 1.56. The van der Waals surface area contributed by atoms with Crippen molar-refractivity contribution >= 4 is 17.2 Å². The van der Waals surface area contributed by atoms with Crippen LogP contribution in [0.25, 0.3) is 11.2 Å². The highest BCUT2D eigenvalue weighted by Crippen LogP contribution is 2.15. The fraction of sp³-hybridized carbons (Fsp3) is 0.333. The number of fused-ring (bicyclic) bond motifs is 1. The highest BCUT2D eigenvalue weighted by molar-refractivity contribution is 5.87.